The predicted molar refractivity (Wildman–Crippen MR) is 105 cm³/mol. The molecule has 0 saturated carbocycles. The average Bonchev–Trinajstić information content (AvgIpc) is 3.21. The average molecular weight is 394 g/mol. The third-order valence-corrected chi connectivity index (χ3v) is 4.45. The molecule has 2 heterocycles. The number of aliphatic carboxylic acids is 1. The minimum atomic E-state index is -0.910. The Morgan fingerprint density at radius 2 is 1.90 bits per heavy atom. The third kappa shape index (κ3) is 5.73. The summed E-state index contributed by atoms with van der Waals surface area (Å²) >= 11 is 0. The summed E-state index contributed by atoms with van der Waals surface area (Å²) in [7, 11) is 0. The SMILES string of the molecule is NC(CNC(=O)c1coc(CC(CC(=O)O)c2ccccc2)n1)c1ccccn1. The zero-order chi connectivity index (χ0) is 20.6. The lowest BCUT2D eigenvalue weighted by Crippen LogP contribution is -2.32. The molecule has 0 radical (unpaired) electrons. The van der Waals surface area contributed by atoms with Crippen LogP contribution < -0.4 is 11.1 Å². The Kier molecular flexibility index (Phi) is 6.70. The van der Waals surface area contributed by atoms with E-state index < -0.39 is 17.9 Å². The lowest BCUT2D eigenvalue weighted by Gasteiger charge is -2.13. The molecule has 2 aromatic heterocycles. The molecular weight excluding hydrogens is 372 g/mol. The fourth-order valence-electron chi connectivity index (χ4n) is 2.96. The number of aromatic nitrogens is 2. The fraction of sp³-hybridized carbons (Fsp3) is 0.238. The lowest BCUT2D eigenvalue weighted by molar-refractivity contribution is -0.137. The number of pyridine rings is 1. The molecule has 3 rings (SSSR count). The minimum absolute atomic E-state index is 0.0626. The minimum Gasteiger partial charge on any atom is -0.481 e. The summed E-state index contributed by atoms with van der Waals surface area (Å²) in [6, 6.07) is 14.3. The maximum atomic E-state index is 12.3. The van der Waals surface area contributed by atoms with Gasteiger partial charge in [-0.2, -0.15) is 0 Å². The van der Waals surface area contributed by atoms with Gasteiger partial charge >= 0.3 is 5.97 Å². The molecule has 0 aliphatic carbocycles. The van der Waals surface area contributed by atoms with Gasteiger partial charge in [0.25, 0.3) is 5.91 Å². The van der Waals surface area contributed by atoms with E-state index in [1.807, 2.05) is 36.4 Å². The molecule has 0 aliphatic rings. The van der Waals surface area contributed by atoms with Crippen LogP contribution in [0.4, 0.5) is 0 Å². The van der Waals surface area contributed by atoms with E-state index in [1.165, 1.54) is 6.26 Å². The standard InChI is InChI=1S/C21H22N4O4/c22-16(17-8-4-5-9-23-17)12-24-21(28)18-13-29-19(25-18)10-15(11-20(26)27)14-6-2-1-3-7-14/h1-9,13,15-16H,10-12,22H2,(H,24,28)(H,26,27). The summed E-state index contributed by atoms with van der Waals surface area (Å²) in [6.07, 6.45) is 3.12. The highest BCUT2D eigenvalue weighted by Crippen LogP contribution is 2.24. The van der Waals surface area contributed by atoms with Crippen molar-refractivity contribution in [1.82, 2.24) is 15.3 Å². The number of hydrogen-bond acceptors (Lipinski definition) is 6. The van der Waals surface area contributed by atoms with Gasteiger partial charge in [0.1, 0.15) is 6.26 Å². The van der Waals surface area contributed by atoms with Crippen LogP contribution in [0.15, 0.2) is 65.4 Å². The molecular formula is C21H22N4O4. The Bertz CT molecular complexity index is 944. The Balaban J connectivity index is 1.61. The Hall–Kier alpha value is -3.52. The molecule has 0 fully saturated rings. The predicted octanol–water partition coefficient (Wildman–Crippen LogP) is 2.30. The Morgan fingerprint density at radius 1 is 1.14 bits per heavy atom. The van der Waals surface area contributed by atoms with E-state index in [4.69, 9.17) is 10.2 Å². The number of carbonyl (C=O) groups excluding carboxylic acids is 1. The molecule has 0 aliphatic heterocycles. The van der Waals surface area contributed by atoms with Crippen LogP contribution in [0.3, 0.4) is 0 Å². The van der Waals surface area contributed by atoms with Gasteiger partial charge < -0.3 is 20.6 Å². The van der Waals surface area contributed by atoms with Crippen LogP contribution in [0.5, 0.6) is 0 Å². The summed E-state index contributed by atoms with van der Waals surface area (Å²) in [5.74, 6) is -1.33. The van der Waals surface area contributed by atoms with Gasteiger partial charge in [0.2, 0.25) is 0 Å². The van der Waals surface area contributed by atoms with Crippen molar-refractivity contribution in [2.45, 2.75) is 24.8 Å². The summed E-state index contributed by atoms with van der Waals surface area (Å²) in [5, 5.41) is 11.9. The number of nitrogens with two attached hydrogens (primary N) is 1. The third-order valence-electron chi connectivity index (χ3n) is 4.45. The highest BCUT2D eigenvalue weighted by atomic mass is 16.4. The molecule has 0 bridgehead atoms. The van der Waals surface area contributed by atoms with Gasteiger partial charge in [-0.1, -0.05) is 36.4 Å². The number of carbonyl (C=O) groups is 2. The first-order valence-electron chi connectivity index (χ1n) is 9.18. The summed E-state index contributed by atoms with van der Waals surface area (Å²) in [4.78, 5) is 31.9. The van der Waals surface area contributed by atoms with Crippen LogP contribution in [-0.2, 0) is 11.2 Å². The summed E-state index contributed by atoms with van der Waals surface area (Å²) in [5.41, 5.74) is 7.70. The van der Waals surface area contributed by atoms with Gasteiger partial charge in [0.15, 0.2) is 11.6 Å². The first-order chi connectivity index (χ1) is 14.0. The molecule has 0 saturated heterocycles. The van der Waals surface area contributed by atoms with E-state index in [2.05, 4.69) is 15.3 Å². The van der Waals surface area contributed by atoms with Crippen molar-refractivity contribution < 1.29 is 19.1 Å². The first kappa shape index (κ1) is 20.2. The number of carboxylic acids is 1. The van der Waals surface area contributed by atoms with Crippen molar-refractivity contribution in [2.75, 3.05) is 6.54 Å². The topological polar surface area (TPSA) is 131 Å². The fourth-order valence-corrected chi connectivity index (χ4v) is 2.96. The molecule has 8 heteroatoms. The van der Waals surface area contributed by atoms with E-state index in [1.54, 1.807) is 18.3 Å². The van der Waals surface area contributed by atoms with Gasteiger partial charge in [-0.15, -0.1) is 0 Å². The Labute approximate surface area is 167 Å². The number of hydrogen-bond donors (Lipinski definition) is 3. The second-order valence-corrected chi connectivity index (χ2v) is 6.61. The lowest BCUT2D eigenvalue weighted by atomic mass is 9.92. The molecule has 2 atom stereocenters. The van der Waals surface area contributed by atoms with Crippen molar-refractivity contribution in [3.63, 3.8) is 0 Å². The van der Waals surface area contributed by atoms with Crippen molar-refractivity contribution in [3.05, 3.63) is 83.8 Å². The summed E-state index contributed by atoms with van der Waals surface area (Å²) in [6.45, 7) is 0.198. The second kappa shape index (κ2) is 9.61. The van der Waals surface area contributed by atoms with Crippen LogP contribution in [0.1, 0.15) is 46.0 Å². The van der Waals surface area contributed by atoms with Crippen LogP contribution in [-0.4, -0.2) is 33.5 Å². The highest BCUT2D eigenvalue weighted by molar-refractivity contribution is 5.91. The molecule has 150 valence electrons. The molecule has 3 aromatic rings. The van der Waals surface area contributed by atoms with Crippen LogP contribution in [0, 0.1) is 0 Å². The number of oxazole rings is 1. The molecule has 0 spiro atoms. The quantitative estimate of drug-likeness (QED) is 0.507. The maximum Gasteiger partial charge on any atom is 0.303 e. The maximum absolute atomic E-state index is 12.3. The molecule has 1 amide bonds. The molecule has 4 N–H and O–H groups in total. The van der Waals surface area contributed by atoms with Crippen molar-refractivity contribution in [1.29, 1.82) is 0 Å². The van der Waals surface area contributed by atoms with E-state index in [-0.39, 0.29) is 31.0 Å². The van der Waals surface area contributed by atoms with Gasteiger partial charge in [-0.05, 0) is 17.7 Å². The first-order valence-corrected chi connectivity index (χ1v) is 9.18. The van der Waals surface area contributed by atoms with Crippen molar-refractivity contribution >= 4 is 11.9 Å². The molecule has 2 unspecified atom stereocenters. The number of amides is 1. The number of carboxylic acid groups (broad SMARTS) is 1. The molecule has 29 heavy (non-hydrogen) atoms. The highest BCUT2D eigenvalue weighted by Gasteiger charge is 2.20. The van der Waals surface area contributed by atoms with Crippen LogP contribution in [0.2, 0.25) is 0 Å². The molecule has 1 aromatic carbocycles. The largest absolute Gasteiger partial charge is 0.481 e. The van der Waals surface area contributed by atoms with E-state index in [0.29, 0.717) is 11.6 Å². The monoisotopic (exact) mass is 394 g/mol. The van der Waals surface area contributed by atoms with Gasteiger partial charge in [0, 0.05) is 25.1 Å². The summed E-state index contributed by atoms with van der Waals surface area (Å²) < 4.78 is 5.40. The van der Waals surface area contributed by atoms with Crippen molar-refractivity contribution in [2.24, 2.45) is 5.73 Å². The number of benzene rings is 1. The number of nitrogens with zero attached hydrogens (tertiary/aromatic N) is 2. The smallest absolute Gasteiger partial charge is 0.303 e. The zero-order valence-corrected chi connectivity index (χ0v) is 15.7. The Morgan fingerprint density at radius 3 is 2.59 bits per heavy atom. The second-order valence-electron chi connectivity index (χ2n) is 6.61. The van der Waals surface area contributed by atoms with Crippen molar-refractivity contribution in [3.8, 4) is 0 Å². The van der Waals surface area contributed by atoms with E-state index >= 15 is 0 Å². The van der Waals surface area contributed by atoms with Crippen LogP contribution in [0.25, 0.3) is 0 Å². The van der Waals surface area contributed by atoms with Crippen LogP contribution >= 0.6 is 0 Å². The van der Waals surface area contributed by atoms with E-state index in [0.717, 1.165) is 5.56 Å². The molecule has 8 nitrogen and oxygen atoms in total. The number of rotatable bonds is 9. The number of nitrogens with one attached hydrogen (secondary N) is 1. The van der Waals surface area contributed by atoms with Gasteiger partial charge in [-0.3, -0.25) is 14.6 Å². The van der Waals surface area contributed by atoms with Gasteiger partial charge in [-0.25, -0.2) is 4.98 Å². The normalized spacial score (nSPS) is 12.9. The van der Waals surface area contributed by atoms with Gasteiger partial charge in [0.05, 0.1) is 18.2 Å². The zero-order valence-electron chi connectivity index (χ0n) is 15.7. The van der Waals surface area contributed by atoms with E-state index in [9.17, 15) is 14.7 Å².